The van der Waals surface area contributed by atoms with E-state index in [9.17, 15) is 5.26 Å². The summed E-state index contributed by atoms with van der Waals surface area (Å²) in [6, 6.07) is 12.8. The Labute approximate surface area is 111 Å². The third-order valence-electron chi connectivity index (χ3n) is 3.65. The van der Waals surface area contributed by atoms with Gasteiger partial charge in [0.15, 0.2) is 0 Å². The van der Waals surface area contributed by atoms with Gasteiger partial charge in [-0.2, -0.15) is 5.26 Å². The van der Waals surface area contributed by atoms with Crippen molar-refractivity contribution in [3.8, 4) is 6.07 Å². The highest BCUT2D eigenvalue weighted by atomic mass is 15.0. The van der Waals surface area contributed by atoms with Crippen LogP contribution < -0.4 is 0 Å². The Bertz CT molecular complexity index is 389. The Morgan fingerprint density at radius 2 is 1.83 bits per heavy atom. The zero-order valence-corrected chi connectivity index (χ0v) is 12.0. The van der Waals surface area contributed by atoms with E-state index in [1.165, 1.54) is 0 Å². The molecule has 98 valence electrons. The minimum absolute atomic E-state index is 0.326. The minimum atomic E-state index is -0.350. The molecule has 0 radical (unpaired) electrons. The summed E-state index contributed by atoms with van der Waals surface area (Å²) in [6.45, 7) is 5.32. The molecule has 0 fully saturated rings. The molecule has 0 unspecified atom stereocenters. The number of hydrogen-bond donors (Lipinski definition) is 0. The molecule has 1 atom stereocenters. The first-order valence-corrected chi connectivity index (χ1v) is 6.64. The van der Waals surface area contributed by atoms with Crippen molar-refractivity contribution in [1.82, 2.24) is 4.90 Å². The Hall–Kier alpha value is -1.33. The molecular formula is C16H24N2. The van der Waals surface area contributed by atoms with Crippen LogP contribution in [0.1, 0.15) is 32.3 Å². The summed E-state index contributed by atoms with van der Waals surface area (Å²) in [5.41, 5.74) is 0.804. The highest BCUT2D eigenvalue weighted by Gasteiger charge is 2.35. The van der Waals surface area contributed by atoms with Gasteiger partial charge in [-0.1, -0.05) is 44.2 Å². The Morgan fingerprint density at radius 1 is 1.22 bits per heavy atom. The minimum Gasteiger partial charge on any atom is -0.309 e. The third-order valence-corrected chi connectivity index (χ3v) is 3.65. The van der Waals surface area contributed by atoms with Crippen molar-refractivity contribution >= 4 is 0 Å². The average molecular weight is 244 g/mol. The smallest absolute Gasteiger partial charge is 0.0845 e. The van der Waals surface area contributed by atoms with Crippen LogP contribution in [0.15, 0.2) is 30.3 Å². The predicted octanol–water partition coefficient (Wildman–Crippen LogP) is 3.45. The lowest BCUT2D eigenvalue weighted by Gasteiger charge is -2.31. The summed E-state index contributed by atoms with van der Waals surface area (Å²) in [5.74, 6) is 0.326. The molecule has 0 aromatic heterocycles. The maximum absolute atomic E-state index is 9.70. The van der Waals surface area contributed by atoms with E-state index in [1.54, 1.807) is 0 Å². The lowest BCUT2D eigenvalue weighted by atomic mass is 9.70. The number of hydrogen-bond acceptors (Lipinski definition) is 2. The largest absolute Gasteiger partial charge is 0.309 e. The van der Waals surface area contributed by atoms with E-state index in [0.29, 0.717) is 5.92 Å². The van der Waals surface area contributed by atoms with Gasteiger partial charge in [0.2, 0.25) is 0 Å². The second-order valence-corrected chi connectivity index (χ2v) is 5.51. The van der Waals surface area contributed by atoms with Gasteiger partial charge in [-0.05, 0) is 45.0 Å². The monoisotopic (exact) mass is 244 g/mol. The predicted molar refractivity (Wildman–Crippen MR) is 76.4 cm³/mol. The quantitative estimate of drug-likeness (QED) is 0.766. The van der Waals surface area contributed by atoms with Crippen LogP contribution in [-0.2, 0) is 5.41 Å². The molecule has 1 rings (SSSR count). The highest BCUT2D eigenvalue weighted by molar-refractivity contribution is 5.33. The fraction of sp³-hybridized carbons (Fsp3) is 0.562. The van der Waals surface area contributed by atoms with Gasteiger partial charge in [0.1, 0.15) is 0 Å². The lowest BCUT2D eigenvalue weighted by molar-refractivity contribution is 0.322. The first-order chi connectivity index (χ1) is 8.53. The van der Waals surface area contributed by atoms with Gasteiger partial charge < -0.3 is 4.90 Å². The van der Waals surface area contributed by atoms with E-state index in [4.69, 9.17) is 0 Å². The lowest BCUT2D eigenvalue weighted by Crippen LogP contribution is -2.31. The third kappa shape index (κ3) is 3.34. The summed E-state index contributed by atoms with van der Waals surface area (Å²) in [5, 5.41) is 9.70. The summed E-state index contributed by atoms with van der Waals surface area (Å²) >= 11 is 0. The van der Waals surface area contributed by atoms with Crippen molar-refractivity contribution < 1.29 is 0 Å². The number of benzene rings is 1. The molecule has 1 aromatic rings. The molecule has 0 aliphatic heterocycles. The van der Waals surface area contributed by atoms with Gasteiger partial charge in [-0.25, -0.2) is 0 Å². The topological polar surface area (TPSA) is 27.0 Å². The van der Waals surface area contributed by atoms with E-state index in [-0.39, 0.29) is 5.41 Å². The Kier molecular flexibility index (Phi) is 5.37. The summed E-state index contributed by atoms with van der Waals surface area (Å²) < 4.78 is 0. The molecule has 0 saturated heterocycles. The van der Waals surface area contributed by atoms with Crippen molar-refractivity contribution in [2.24, 2.45) is 5.92 Å². The standard InChI is InChI=1S/C16H24N2/c1-14(2)16(13-17,11-8-12-18(3)4)15-9-6-5-7-10-15/h5-7,9-10,14H,8,11-12H2,1-4H3/t16-/m0/s1. The van der Waals surface area contributed by atoms with Crippen LogP contribution in [0.4, 0.5) is 0 Å². The summed E-state index contributed by atoms with van der Waals surface area (Å²) in [4.78, 5) is 2.17. The van der Waals surface area contributed by atoms with Gasteiger partial charge in [0.05, 0.1) is 11.5 Å². The molecule has 2 nitrogen and oxygen atoms in total. The highest BCUT2D eigenvalue weighted by Crippen LogP contribution is 2.36. The maximum atomic E-state index is 9.70. The van der Waals surface area contributed by atoms with Crippen molar-refractivity contribution in [3.63, 3.8) is 0 Å². The van der Waals surface area contributed by atoms with Gasteiger partial charge in [0, 0.05) is 0 Å². The van der Waals surface area contributed by atoms with Gasteiger partial charge in [-0.15, -0.1) is 0 Å². The number of rotatable bonds is 6. The van der Waals surface area contributed by atoms with Crippen LogP contribution in [0.5, 0.6) is 0 Å². The molecule has 1 aromatic carbocycles. The van der Waals surface area contributed by atoms with Crippen molar-refractivity contribution in [2.45, 2.75) is 32.1 Å². The number of nitriles is 1. The fourth-order valence-electron chi connectivity index (χ4n) is 2.43. The molecule has 0 N–H and O–H groups in total. The molecule has 0 aliphatic rings. The van der Waals surface area contributed by atoms with Crippen molar-refractivity contribution in [1.29, 1.82) is 5.26 Å². The second kappa shape index (κ2) is 6.56. The van der Waals surface area contributed by atoms with E-state index in [2.05, 4.69) is 51.0 Å². The van der Waals surface area contributed by atoms with Crippen LogP contribution in [-0.4, -0.2) is 25.5 Å². The van der Waals surface area contributed by atoms with Crippen LogP contribution >= 0.6 is 0 Å². The Morgan fingerprint density at radius 3 is 2.28 bits per heavy atom. The van der Waals surface area contributed by atoms with Gasteiger partial charge in [-0.3, -0.25) is 0 Å². The van der Waals surface area contributed by atoms with Crippen LogP contribution in [0.2, 0.25) is 0 Å². The zero-order valence-electron chi connectivity index (χ0n) is 12.0. The van der Waals surface area contributed by atoms with Gasteiger partial charge in [0.25, 0.3) is 0 Å². The van der Waals surface area contributed by atoms with Crippen LogP contribution in [0, 0.1) is 17.2 Å². The summed E-state index contributed by atoms with van der Waals surface area (Å²) in [6.07, 6.45) is 1.97. The van der Waals surface area contributed by atoms with Gasteiger partial charge >= 0.3 is 0 Å². The van der Waals surface area contributed by atoms with Crippen LogP contribution in [0.25, 0.3) is 0 Å². The van der Waals surface area contributed by atoms with E-state index in [1.807, 2.05) is 18.2 Å². The van der Waals surface area contributed by atoms with Crippen LogP contribution in [0.3, 0.4) is 0 Å². The van der Waals surface area contributed by atoms with E-state index < -0.39 is 0 Å². The zero-order chi connectivity index (χ0) is 13.6. The summed E-state index contributed by atoms with van der Waals surface area (Å²) in [7, 11) is 4.15. The van der Waals surface area contributed by atoms with Crippen molar-refractivity contribution in [2.75, 3.05) is 20.6 Å². The fourth-order valence-corrected chi connectivity index (χ4v) is 2.43. The van der Waals surface area contributed by atoms with Crippen molar-refractivity contribution in [3.05, 3.63) is 35.9 Å². The molecule has 2 heteroatoms. The van der Waals surface area contributed by atoms with E-state index >= 15 is 0 Å². The number of nitrogens with zero attached hydrogens (tertiary/aromatic N) is 2. The SMILES string of the molecule is CC(C)[C@@](C#N)(CCCN(C)C)c1ccccc1. The average Bonchev–Trinajstić information content (AvgIpc) is 2.35. The molecular weight excluding hydrogens is 220 g/mol. The molecule has 0 heterocycles. The second-order valence-electron chi connectivity index (χ2n) is 5.51. The first-order valence-electron chi connectivity index (χ1n) is 6.64. The molecule has 0 saturated carbocycles. The molecule has 0 aliphatic carbocycles. The molecule has 0 bridgehead atoms. The molecule has 0 amide bonds. The van der Waals surface area contributed by atoms with E-state index in [0.717, 1.165) is 24.9 Å². The Balaban J connectivity index is 2.93. The first kappa shape index (κ1) is 14.7. The maximum Gasteiger partial charge on any atom is 0.0845 e. The molecule has 18 heavy (non-hydrogen) atoms. The molecule has 0 spiro atoms. The normalized spacial score (nSPS) is 14.5.